The highest BCUT2D eigenvalue weighted by atomic mass is 35.5. The predicted molar refractivity (Wildman–Crippen MR) is 104 cm³/mol. The van der Waals surface area contributed by atoms with Crippen molar-refractivity contribution in [3.8, 4) is 0 Å². The first-order valence-corrected chi connectivity index (χ1v) is 10.7. The van der Waals surface area contributed by atoms with E-state index in [0.29, 0.717) is 5.56 Å². The van der Waals surface area contributed by atoms with Crippen LogP contribution in [0.5, 0.6) is 0 Å². The zero-order valence-electron chi connectivity index (χ0n) is 15.5. The van der Waals surface area contributed by atoms with Crippen LogP contribution < -0.4 is 4.72 Å². The van der Waals surface area contributed by atoms with Gasteiger partial charge in [0.05, 0.1) is 22.7 Å². The molecule has 0 amide bonds. The first-order chi connectivity index (χ1) is 13.6. The Bertz CT molecular complexity index is 1070. The van der Waals surface area contributed by atoms with Crippen LogP contribution in [-0.4, -0.2) is 33.5 Å². The van der Waals surface area contributed by atoms with E-state index in [0.717, 1.165) is 18.9 Å². The number of methoxy groups -OCH3 is 1. The number of ether oxygens (including phenoxy) is 2. The van der Waals surface area contributed by atoms with Crippen LogP contribution in [0.25, 0.3) is 0 Å². The summed E-state index contributed by atoms with van der Waals surface area (Å²) >= 11 is 12.1. The van der Waals surface area contributed by atoms with Crippen molar-refractivity contribution in [2.45, 2.75) is 37.3 Å². The number of carbonyl (C=O) groups is 2. The lowest BCUT2D eigenvalue weighted by Crippen LogP contribution is -2.26. The molecule has 1 aliphatic rings. The van der Waals surface area contributed by atoms with Gasteiger partial charge in [-0.15, -0.1) is 0 Å². The van der Waals surface area contributed by atoms with E-state index in [-0.39, 0.29) is 44.7 Å². The number of hydrogen-bond donors (Lipinski definition) is 1. The van der Waals surface area contributed by atoms with E-state index >= 15 is 0 Å². The highest BCUT2D eigenvalue weighted by molar-refractivity contribution is 7.89. The third-order valence-corrected chi connectivity index (χ3v) is 6.41. The average Bonchev–Trinajstić information content (AvgIpc) is 3.37. The summed E-state index contributed by atoms with van der Waals surface area (Å²) < 4.78 is 42.5. The van der Waals surface area contributed by atoms with Crippen LogP contribution in [0.15, 0.2) is 27.5 Å². The van der Waals surface area contributed by atoms with Crippen LogP contribution in [0.4, 0.5) is 0 Å². The number of esters is 2. The fraction of sp³-hybridized carbons (Fsp3) is 0.333. The van der Waals surface area contributed by atoms with Crippen molar-refractivity contribution in [1.82, 2.24) is 4.72 Å². The summed E-state index contributed by atoms with van der Waals surface area (Å²) in [5, 5.41) is -0.166. The molecule has 0 radical (unpaired) electrons. The molecule has 8 nitrogen and oxygen atoms in total. The Morgan fingerprint density at radius 2 is 1.86 bits per heavy atom. The molecule has 0 saturated heterocycles. The SMILES string of the molecule is COC(=O)c1oc(COC(=O)c2cc(S(=O)(=O)NC3CC3)c(Cl)cc2Cl)cc1C. The molecule has 1 aliphatic carbocycles. The Balaban J connectivity index is 1.79. The number of aryl methyl sites for hydroxylation is 1. The molecule has 11 heteroatoms. The van der Waals surface area contributed by atoms with Gasteiger partial charge in [-0.25, -0.2) is 22.7 Å². The number of furan rings is 1. The van der Waals surface area contributed by atoms with E-state index in [1.165, 1.54) is 19.2 Å². The zero-order chi connectivity index (χ0) is 21.3. The smallest absolute Gasteiger partial charge is 0.374 e. The molecule has 0 spiro atoms. The van der Waals surface area contributed by atoms with Crippen LogP contribution in [-0.2, 0) is 26.1 Å². The number of halogens is 2. The Morgan fingerprint density at radius 1 is 1.17 bits per heavy atom. The number of nitrogens with one attached hydrogen (secondary N) is 1. The fourth-order valence-electron chi connectivity index (χ4n) is 2.50. The highest BCUT2D eigenvalue weighted by Crippen LogP contribution is 2.31. The van der Waals surface area contributed by atoms with E-state index in [1.807, 2.05) is 0 Å². The van der Waals surface area contributed by atoms with Crippen molar-refractivity contribution in [3.05, 3.63) is 50.9 Å². The molecule has 1 N–H and O–H groups in total. The Labute approximate surface area is 177 Å². The Hall–Kier alpha value is -2.07. The van der Waals surface area contributed by atoms with Crippen molar-refractivity contribution in [1.29, 1.82) is 0 Å². The monoisotopic (exact) mass is 461 g/mol. The summed E-state index contributed by atoms with van der Waals surface area (Å²) in [7, 11) is -2.68. The van der Waals surface area contributed by atoms with Gasteiger partial charge in [0.2, 0.25) is 15.8 Å². The first kappa shape index (κ1) is 21.6. The second-order valence-corrected chi connectivity index (χ2v) is 8.95. The summed E-state index contributed by atoms with van der Waals surface area (Å²) in [6.45, 7) is 1.35. The zero-order valence-corrected chi connectivity index (χ0v) is 17.8. The van der Waals surface area contributed by atoms with Gasteiger partial charge in [0, 0.05) is 11.6 Å². The molecule has 1 fully saturated rings. The normalized spacial score (nSPS) is 13.9. The molecular formula is C18H17Cl2NO7S. The van der Waals surface area contributed by atoms with Crippen molar-refractivity contribution in [2.75, 3.05) is 7.11 Å². The molecule has 29 heavy (non-hydrogen) atoms. The van der Waals surface area contributed by atoms with Crippen molar-refractivity contribution >= 4 is 45.2 Å². The summed E-state index contributed by atoms with van der Waals surface area (Å²) in [5.41, 5.74) is 0.357. The number of carbonyl (C=O) groups excluding carboxylic acids is 2. The van der Waals surface area contributed by atoms with Crippen LogP contribution >= 0.6 is 23.2 Å². The standard InChI is InChI=1S/C18H17Cl2NO7S/c1-9-5-11(28-16(9)18(23)26-2)8-27-17(22)12-6-15(14(20)7-13(12)19)29(24,25)21-10-3-4-10/h5-7,10,21H,3-4,8H2,1-2H3. The maximum absolute atomic E-state index is 12.5. The Kier molecular flexibility index (Phi) is 6.23. The highest BCUT2D eigenvalue weighted by Gasteiger charge is 2.30. The topological polar surface area (TPSA) is 112 Å². The lowest BCUT2D eigenvalue weighted by Gasteiger charge is -2.11. The molecule has 0 unspecified atom stereocenters. The molecule has 0 atom stereocenters. The average molecular weight is 462 g/mol. The summed E-state index contributed by atoms with van der Waals surface area (Å²) in [6, 6.07) is 3.64. The maximum atomic E-state index is 12.5. The molecule has 2 aromatic rings. The van der Waals surface area contributed by atoms with Crippen LogP contribution in [0.2, 0.25) is 10.0 Å². The minimum Gasteiger partial charge on any atom is -0.463 e. The van der Waals surface area contributed by atoms with E-state index < -0.39 is 22.0 Å². The molecule has 1 saturated carbocycles. The molecule has 3 rings (SSSR count). The number of hydrogen-bond acceptors (Lipinski definition) is 7. The van der Waals surface area contributed by atoms with Crippen molar-refractivity contribution in [2.24, 2.45) is 0 Å². The molecule has 1 aromatic heterocycles. The van der Waals surface area contributed by atoms with E-state index in [1.54, 1.807) is 6.92 Å². The van der Waals surface area contributed by atoms with Gasteiger partial charge in [0.25, 0.3) is 0 Å². The number of rotatable bonds is 7. The van der Waals surface area contributed by atoms with Crippen molar-refractivity contribution in [3.63, 3.8) is 0 Å². The van der Waals surface area contributed by atoms with Gasteiger partial charge >= 0.3 is 11.9 Å². The molecular weight excluding hydrogens is 445 g/mol. The van der Waals surface area contributed by atoms with Gasteiger partial charge in [-0.05, 0) is 38.0 Å². The van der Waals surface area contributed by atoms with Gasteiger partial charge in [-0.3, -0.25) is 0 Å². The number of benzene rings is 1. The van der Waals surface area contributed by atoms with E-state index in [2.05, 4.69) is 9.46 Å². The molecule has 0 aliphatic heterocycles. The summed E-state index contributed by atoms with van der Waals surface area (Å²) in [5.74, 6) is -1.31. The fourth-order valence-corrected chi connectivity index (χ4v) is 4.66. The van der Waals surface area contributed by atoms with Gasteiger partial charge in [0.15, 0.2) is 0 Å². The molecule has 156 valence electrons. The maximum Gasteiger partial charge on any atom is 0.374 e. The van der Waals surface area contributed by atoms with Gasteiger partial charge < -0.3 is 13.9 Å². The van der Waals surface area contributed by atoms with Gasteiger partial charge in [-0.1, -0.05) is 23.2 Å². The largest absolute Gasteiger partial charge is 0.463 e. The van der Waals surface area contributed by atoms with Crippen LogP contribution in [0, 0.1) is 6.92 Å². The molecule has 0 bridgehead atoms. The number of sulfonamides is 1. The lowest BCUT2D eigenvalue weighted by atomic mass is 10.2. The van der Waals surface area contributed by atoms with Crippen LogP contribution in [0.1, 0.15) is 45.1 Å². The Morgan fingerprint density at radius 3 is 2.48 bits per heavy atom. The molecule has 1 aromatic carbocycles. The van der Waals surface area contributed by atoms with Crippen molar-refractivity contribution < 1.29 is 31.9 Å². The van der Waals surface area contributed by atoms with Gasteiger partial charge in [0.1, 0.15) is 17.3 Å². The van der Waals surface area contributed by atoms with Gasteiger partial charge in [-0.2, -0.15) is 0 Å². The van der Waals surface area contributed by atoms with E-state index in [4.69, 9.17) is 32.4 Å². The second kappa shape index (κ2) is 8.35. The predicted octanol–water partition coefficient (Wildman–Crippen LogP) is 3.48. The van der Waals surface area contributed by atoms with Crippen LogP contribution in [0.3, 0.4) is 0 Å². The molecule has 1 heterocycles. The van der Waals surface area contributed by atoms with E-state index in [9.17, 15) is 18.0 Å². The summed E-state index contributed by atoms with van der Waals surface area (Å²) in [6.07, 6.45) is 1.49. The second-order valence-electron chi connectivity index (χ2n) is 6.45. The first-order valence-electron chi connectivity index (χ1n) is 8.48. The summed E-state index contributed by atoms with van der Waals surface area (Å²) in [4.78, 5) is 23.8. The third kappa shape index (κ3) is 4.92. The third-order valence-electron chi connectivity index (χ3n) is 4.12. The minimum absolute atomic E-state index is 0.00241. The minimum atomic E-state index is -3.90. The lowest BCUT2D eigenvalue weighted by molar-refractivity contribution is 0.0438. The quantitative estimate of drug-likeness (QED) is 0.627.